The number of non-ortho nitro benzene ring substituents is 1. The number of amides is 2. The van der Waals surface area contributed by atoms with Gasteiger partial charge in [-0.15, -0.1) is 11.3 Å². The molecule has 0 unspecified atom stereocenters. The van der Waals surface area contributed by atoms with Crippen molar-refractivity contribution >= 4 is 57.7 Å². The van der Waals surface area contributed by atoms with Crippen molar-refractivity contribution in [2.45, 2.75) is 12.6 Å². The molecule has 2 amide bonds. The predicted molar refractivity (Wildman–Crippen MR) is 133 cm³/mol. The lowest BCUT2D eigenvalue weighted by molar-refractivity contribution is -0.384. The Bertz CT molecular complexity index is 1270. The van der Waals surface area contributed by atoms with Crippen LogP contribution in [0.5, 0.6) is 0 Å². The zero-order chi connectivity index (χ0) is 25.1. The van der Waals surface area contributed by atoms with Crippen molar-refractivity contribution in [3.63, 3.8) is 0 Å². The van der Waals surface area contributed by atoms with Crippen LogP contribution in [0.3, 0.4) is 0 Å². The first kappa shape index (κ1) is 24.9. The van der Waals surface area contributed by atoms with E-state index < -0.39 is 33.9 Å². The minimum Gasteiger partial charge on any atom is -0.356 e. The summed E-state index contributed by atoms with van der Waals surface area (Å²) in [6, 6.07) is 10.7. The Labute approximate surface area is 214 Å². The summed E-state index contributed by atoms with van der Waals surface area (Å²) in [5.41, 5.74) is -0.168. The number of thiophene rings is 1. The van der Waals surface area contributed by atoms with Crippen LogP contribution in [0.2, 0.25) is 10.0 Å². The van der Waals surface area contributed by atoms with Crippen LogP contribution in [-0.4, -0.2) is 47.3 Å². The molecule has 2 aromatic carbocycles. The molecule has 1 aliphatic heterocycles. The Morgan fingerprint density at radius 2 is 1.94 bits per heavy atom. The van der Waals surface area contributed by atoms with E-state index in [1.165, 1.54) is 16.2 Å². The smallest absolute Gasteiger partial charge is 0.270 e. The minimum atomic E-state index is -0.869. The van der Waals surface area contributed by atoms with Crippen molar-refractivity contribution in [1.82, 2.24) is 10.2 Å². The molecule has 1 atom stereocenters. The first-order valence-electron chi connectivity index (χ1n) is 10.5. The van der Waals surface area contributed by atoms with Crippen molar-refractivity contribution in [3.05, 3.63) is 90.3 Å². The summed E-state index contributed by atoms with van der Waals surface area (Å²) in [6.07, 6.45) is 0. The van der Waals surface area contributed by atoms with Gasteiger partial charge >= 0.3 is 0 Å². The fourth-order valence-corrected chi connectivity index (χ4v) is 4.77. The number of rotatable bonds is 6. The van der Waals surface area contributed by atoms with Crippen LogP contribution in [0.15, 0.2) is 53.9 Å². The highest BCUT2D eigenvalue weighted by atomic mass is 35.5. The molecule has 3 aromatic rings. The van der Waals surface area contributed by atoms with Gasteiger partial charge in [-0.05, 0) is 35.7 Å². The molecule has 4 rings (SSSR count). The van der Waals surface area contributed by atoms with Gasteiger partial charge in [0.1, 0.15) is 11.9 Å². The third-order valence-electron chi connectivity index (χ3n) is 5.61. The third-order valence-corrected chi connectivity index (χ3v) is 7.23. The molecule has 0 bridgehead atoms. The van der Waals surface area contributed by atoms with Gasteiger partial charge in [-0.1, -0.05) is 29.3 Å². The Morgan fingerprint density at radius 1 is 1.14 bits per heavy atom. The molecule has 35 heavy (non-hydrogen) atoms. The molecule has 1 saturated heterocycles. The van der Waals surface area contributed by atoms with Crippen molar-refractivity contribution in [3.8, 4) is 0 Å². The van der Waals surface area contributed by atoms with Crippen LogP contribution in [0.1, 0.15) is 15.2 Å². The van der Waals surface area contributed by atoms with Crippen molar-refractivity contribution in [2.75, 3.05) is 24.5 Å². The van der Waals surface area contributed by atoms with E-state index in [9.17, 15) is 24.1 Å². The second-order valence-electron chi connectivity index (χ2n) is 7.78. The van der Waals surface area contributed by atoms with Gasteiger partial charge in [-0.2, -0.15) is 0 Å². The number of nitro benzene ring substituents is 1. The van der Waals surface area contributed by atoms with Crippen molar-refractivity contribution in [1.29, 1.82) is 0 Å². The van der Waals surface area contributed by atoms with Gasteiger partial charge in [-0.3, -0.25) is 19.7 Å². The second kappa shape index (κ2) is 10.6. The highest BCUT2D eigenvalue weighted by Crippen LogP contribution is 2.30. The normalized spacial score (nSPS) is 15.7. The van der Waals surface area contributed by atoms with E-state index in [4.69, 9.17) is 23.2 Å². The molecule has 0 saturated carbocycles. The zero-order valence-corrected chi connectivity index (χ0v) is 20.4. The van der Waals surface area contributed by atoms with E-state index in [1.54, 1.807) is 23.1 Å². The number of halogens is 3. The number of anilines is 1. The monoisotopic (exact) mass is 536 g/mol. The van der Waals surface area contributed by atoms with Crippen LogP contribution < -0.4 is 10.2 Å². The third kappa shape index (κ3) is 5.55. The van der Waals surface area contributed by atoms with Crippen LogP contribution >= 0.6 is 34.5 Å². The Morgan fingerprint density at radius 3 is 2.63 bits per heavy atom. The molecule has 1 aromatic heterocycles. The quantitative estimate of drug-likeness (QED) is 0.362. The lowest BCUT2D eigenvalue weighted by Gasteiger charge is -2.42. The molecule has 1 N–H and O–H groups in total. The second-order valence-corrected chi connectivity index (χ2v) is 9.62. The van der Waals surface area contributed by atoms with Crippen LogP contribution in [-0.2, 0) is 11.3 Å². The van der Waals surface area contributed by atoms with Gasteiger partial charge < -0.3 is 15.1 Å². The molecule has 2 heterocycles. The lowest BCUT2D eigenvalue weighted by Crippen LogP contribution is -2.60. The van der Waals surface area contributed by atoms with Crippen molar-refractivity contribution in [2.24, 2.45) is 0 Å². The molecule has 0 aliphatic carbocycles. The topological polar surface area (TPSA) is 95.8 Å². The number of nitro groups is 1. The van der Waals surface area contributed by atoms with Crippen LogP contribution in [0.25, 0.3) is 0 Å². The number of carbonyl (C=O) groups is 2. The molecule has 0 radical (unpaired) electrons. The zero-order valence-electron chi connectivity index (χ0n) is 18.1. The first-order valence-corrected chi connectivity index (χ1v) is 12.1. The number of nitrogens with one attached hydrogen (secondary N) is 1. The molecule has 0 spiro atoms. The Kier molecular flexibility index (Phi) is 7.54. The van der Waals surface area contributed by atoms with Crippen molar-refractivity contribution < 1.29 is 18.9 Å². The fraction of sp³-hybridized carbons (Fsp3) is 0.217. The van der Waals surface area contributed by atoms with Gasteiger partial charge in [0.25, 0.3) is 11.6 Å². The molecule has 1 fully saturated rings. The van der Waals surface area contributed by atoms with E-state index in [1.807, 2.05) is 17.5 Å². The number of benzene rings is 2. The van der Waals surface area contributed by atoms with E-state index in [-0.39, 0.29) is 25.5 Å². The lowest BCUT2D eigenvalue weighted by atomic mass is 10.1. The molecule has 8 nitrogen and oxygen atoms in total. The van der Waals surface area contributed by atoms with Gasteiger partial charge in [0.2, 0.25) is 5.91 Å². The number of hydrogen-bond donors (Lipinski definition) is 1. The summed E-state index contributed by atoms with van der Waals surface area (Å²) in [5, 5.41) is 16.6. The SMILES string of the molecule is O=C(NCc1cccs1)[C@@H]1CN(C(=O)c2cc([N+](=O)[O-])ccc2F)CCN1c1ccc(Cl)c(Cl)c1. The molecular formula is C23H19Cl2FN4O4S. The molecular weight excluding hydrogens is 518 g/mol. The number of hydrogen-bond acceptors (Lipinski definition) is 6. The fourth-order valence-electron chi connectivity index (χ4n) is 3.83. The number of piperazine rings is 1. The summed E-state index contributed by atoms with van der Waals surface area (Å²) < 4.78 is 14.4. The summed E-state index contributed by atoms with van der Waals surface area (Å²) >= 11 is 13.7. The van der Waals surface area contributed by atoms with E-state index in [0.717, 1.165) is 23.1 Å². The van der Waals surface area contributed by atoms with Gasteiger partial charge in [0, 0.05) is 35.8 Å². The average molecular weight is 537 g/mol. The highest BCUT2D eigenvalue weighted by Gasteiger charge is 2.36. The maximum Gasteiger partial charge on any atom is 0.270 e. The molecule has 182 valence electrons. The average Bonchev–Trinajstić information content (AvgIpc) is 3.37. The standard InChI is InChI=1S/C23H19Cl2FN4O4S/c24-18-5-3-14(11-19(18)25)29-8-7-28(13-21(29)22(31)27-12-16-2-1-9-35-16)23(32)17-10-15(30(33)34)4-6-20(17)26/h1-6,9-11,21H,7-8,12-13H2,(H,27,31)/t21-/m0/s1. The summed E-state index contributed by atoms with van der Waals surface area (Å²) in [6.45, 7) is 0.667. The maximum atomic E-state index is 14.4. The predicted octanol–water partition coefficient (Wildman–Crippen LogP) is 4.75. The van der Waals surface area contributed by atoms with E-state index in [2.05, 4.69) is 5.32 Å². The van der Waals surface area contributed by atoms with E-state index >= 15 is 0 Å². The number of nitrogens with zero attached hydrogens (tertiary/aromatic N) is 3. The van der Waals surface area contributed by atoms with Crippen LogP contribution in [0, 0.1) is 15.9 Å². The van der Waals surface area contributed by atoms with E-state index in [0.29, 0.717) is 22.3 Å². The summed E-state index contributed by atoms with van der Waals surface area (Å²) in [5.74, 6) is -1.93. The highest BCUT2D eigenvalue weighted by molar-refractivity contribution is 7.09. The number of carbonyl (C=O) groups excluding carboxylic acids is 2. The minimum absolute atomic E-state index is 0.0581. The Hall–Kier alpha value is -3.21. The molecule has 12 heteroatoms. The molecule has 1 aliphatic rings. The van der Waals surface area contributed by atoms with Gasteiger partial charge in [0.05, 0.1) is 33.6 Å². The summed E-state index contributed by atoms with van der Waals surface area (Å²) in [7, 11) is 0. The maximum absolute atomic E-state index is 14.4. The largest absolute Gasteiger partial charge is 0.356 e. The van der Waals surface area contributed by atoms with Crippen LogP contribution in [0.4, 0.5) is 15.8 Å². The first-order chi connectivity index (χ1) is 16.7. The van der Waals surface area contributed by atoms with Gasteiger partial charge in [-0.25, -0.2) is 4.39 Å². The summed E-state index contributed by atoms with van der Waals surface area (Å²) in [4.78, 5) is 40.9. The van der Waals surface area contributed by atoms with Gasteiger partial charge in [0.15, 0.2) is 0 Å². The Balaban J connectivity index is 1.60.